The van der Waals surface area contributed by atoms with Crippen LogP contribution in [0.1, 0.15) is 22.8 Å². The minimum absolute atomic E-state index is 0.0127. The number of nitrogens with one attached hydrogen (secondary N) is 2. The van der Waals surface area contributed by atoms with E-state index in [0.717, 1.165) is 5.56 Å². The van der Waals surface area contributed by atoms with Gasteiger partial charge in [0.25, 0.3) is 0 Å². The largest absolute Gasteiger partial charge is 0.492 e. The second-order valence-electron chi connectivity index (χ2n) is 7.44. The highest BCUT2D eigenvalue weighted by Gasteiger charge is 2.34. The fraction of sp³-hybridized carbons (Fsp3) is 0.208. The number of alkyl carbamates (subject to hydrolysis) is 1. The van der Waals surface area contributed by atoms with Gasteiger partial charge in [-0.3, -0.25) is 11.1 Å². The van der Waals surface area contributed by atoms with Gasteiger partial charge >= 0.3 is 18.0 Å². The van der Waals surface area contributed by atoms with Crippen molar-refractivity contribution in [2.45, 2.75) is 19.2 Å². The molecule has 0 aliphatic heterocycles. The first-order valence-corrected chi connectivity index (χ1v) is 10.6. The molecule has 0 saturated carbocycles. The Morgan fingerprint density at radius 3 is 2.34 bits per heavy atom. The molecule has 4 N–H and O–H groups in total. The number of ether oxygens (including phenoxy) is 3. The number of hydrogen-bond acceptors (Lipinski definition) is 10. The van der Waals surface area contributed by atoms with Crippen molar-refractivity contribution in [2.75, 3.05) is 18.5 Å². The predicted molar refractivity (Wildman–Crippen MR) is 125 cm³/mol. The highest BCUT2D eigenvalue weighted by atomic mass is 16.6. The van der Waals surface area contributed by atoms with Crippen molar-refractivity contribution in [1.82, 2.24) is 15.3 Å². The molecule has 3 aromatic rings. The Morgan fingerprint density at radius 2 is 1.66 bits per heavy atom. The van der Waals surface area contributed by atoms with Gasteiger partial charge in [0.2, 0.25) is 5.95 Å². The summed E-state index contributed by atoms with van der Waals surface area (Å²) in [6.45, 7) is 1.98. The maximum Gasteiger partial charge on any atom is 0.409 e. The van der Waals surface area contributed by atoms with E-state index in [4.69, 9.17) is 19.9 Å². The molecule has 0 aliphatic rings. The maximum absolute atomic E-state index is 12.3. The summed E-state index contributed by atoms with van der Waals surface area (Å²) >= 11 is 0. The molecular weight excluding hydrogens is 454 g/mol. The lowest BCUT2D eigenvalue weighted by Crippen LogP contribution is -2.60. The van der Waals surface area contributed by atoms with Crippen molar-refractivity contribution < 1.29 is 28.6 Å². The third-order valence-corrected chi connectivity index (χ3v) is 4.49. The van der Waals surface area contributed by atoms with E-state index in [1.807, 2.05) is 6.07 Å². The monoisotopic (exact) mass is 479 g/mol. The second-order valence-corrected chi connectivity index (χ2v) is 7.44. The SMILES string of the molecule is C[C@](N)(NC(=O)OCc1ccccc1)C(=O)OC(=O)c1ccc(OCCNc2ncccn2)cc1. The number of nitrogens with zero attached hydrogens (tertiary/aromatic N) is 2. The molecule has 0 fully saturated rings. The van der Waals surface area contributed by atoms with Crippen LogP contribution >= 0.6 is 0 Å². The average molecular weight is 479 g/mol. The van der Waals surface area contributed by atoms with Gasteiger partial charge in [-0.1, -0.05) is 30.3 Å². The van der Waals surface area contributed by atoms with E-state index in [1.54, 1.807) is 54.9 Å². The van der Waals surface area contributed by atoms with Crippen LogP contribution in [-0.2, 0) is 20.9 Å². The lowest BCUT2D eigenvalue weighted by molar-refractivity contribution is -0.144. The number of rotatable bonds is 10. The van der Waals surface area contributed by atoms with Crippen molar-refractivity contribution in [3.8, 4) is 5.75 Å². The van der Waals surface area contributed by atoms with Crippen LogP contribution in [0.25, 0.3) is 0 Å². The topological polar surface area (TPSA) is 155 Å². The smallest absolute Gasteiger partial charge is 0.409 e. The molecule has 11 heteroatoms. The molecule has 0 spiro atoms. The van der Waals surface area contributed by atoms with E-state index in [1.165, 1.54) is 19.1 Å². The van der Waals surface area contributed by atoms with Gasteiger partial charge < -0.3 is 19.5 Å². The molecule has 1 heterocycles. The summed E-state index contributed by atoms with van der Waals surface area (Å²) in [7, 11) is 0. The van der Waals surface area contributed by atoms with Gasteiger partial charge in [-0.15, -0.1) is 0 Å². The first-order chi connectivity index (χ1) is 16.8. The van der Waals surface area contributed by atoms with Crippen molar-refractivity contribution in [1.29, 1.82) is 0 Å². The average Bonchev–Trinajstić information content (AvgIpc) is 2.86. The summed E-state index contributed by atoms with van der Waals surface area (Å²) in [6.07, 6.45) is 2.32. The van der Waals surface area contributed by atoms with E-state index in [0.29, 0.717) is 24.8 Å². The summed E-state index contributed by atoms with van der Waals surface area (Å²) in [5.74, 6) is -1.07. The van der Waals surface area contributed by atoms with E-state index in [-0.39, 0.29) is 12.2 Å². The van der Waals surface area contributed by atoms with Crippen molar-refractivity contribution >= 4 is 24.0 Å². The van der Waals surface area contributed by atoms with Crippen LogP contribution in [0.2, 0.25) is 0 Å². The summed E-state index contributed by atoms with van der Waals surface area (Å²) in [5, 5.41) is 5.19. The molecule has 1 atom stereocenters. The quantitative estimate of drug-likeness (QED) is 0.171. The Balaban J connectivity index is 1.42. The van der Waals surface area contributed by atoms with E-state index < -0.39 is 23.7 Å². The van der Waals surface area contributed by atoms with Crippen molar-refractivity contribution in [2.24, 2.45) is 5.73 Å². The van der Waals surface area contributed by atoms with E-state index >= 15 is 0 Å². The number of benzene rings is 2. The summed E-state index contributed by atoms with van der Waals surface area (Å²) in [6, 6.07) is 16.7. The number of nitrogens with two attached hydrogens (primary N) is 1. The minimum Gasteiger partial charge on any atom is -0.492 e. The lowest BCUT2D eigenvalue weighted by atomic mass is 10.2. The summed E-state index contributed by atoms with van der Waals surface area (Å²) < 4.78 is 15.4. The molecule has 0 saturated heterocycles. The molecule has 35 heavy (non-hydrogen) atoms. The van der Waals surface area contributed by atoms with Gasteiger partial charge in [0, 0.05) is 12.4 Å². The van der Waals surface area contributed by atoms with Crippen LogP contribution in [0.15, 0.2) is 73.1 Å². The lowest BCUT2D eigenvalue weighted by Gasteiger charge is -2.22. The number of aromatic nitrogens is 2. The fourth-order valence-electron chi connectivity index (χ4n) is 2.68. The first-order valence-electron chi connectivity index (χ1n) is 10.6. The predicted octanol–water partition coefficient (Wildman–Crippen LogP) is 2.25. The molecule has 1 aromatic heterocycles. The summed E-state index contributed by atoms with van der Waals surface area (Å²) in [5.41, 5.74) is 4.69. The van der Waals surface area contributed by atoms with Gasteiger partial charge in [0.05, 0.1) is 12.1 Å². The normalized spacial score (nSPS) is 12.1. The molecular formula is C24H25N5O6. The maximum atomic E-state index is 12.3. The number of hydrogen-bond donors (Lipinski definition) is 3. The van der Waals surface area contributed by atoms with Gasteiger partial charge in [0.1, 0.15) is 19.0 Å². The number of amides is 1. The van der Waals surface area contributed by atoms with E-state index in [9.17, 15) is 14.4 Å². The van der Waals surface area contributed by atoms with Gasteiger partial charge in [-0.2, -0.15) is 0 Å². The summed E-state index contributed by atoms with van der Waals surface area (Å²) in [4.78, 5) is 44.7. The number of anilines is 1. The number of carbonyl (C=O) groups is 3. The molecule has 3 rings (SSSR count). The van der Waals surface area contributed by atoms with Crippen LogP contribution in [-0.4, -0.2) is 46.8 Å². The zero-order valence-corrected chi connectivity index (χ0v) is 19.0. The minimum atomic E-state index is -1.98. The third kappa shape index (κ3) is 8.09. The van der Waals surface area contributed by atoms with Crippen LogP contribution in [0.4, 0.5) is 10.7 Å². The zero-order chi connectivity index (χ0) is 25.1. The van der Waals surface area contributed by atoms with Crippen LogP contribution in [0, 0.1) is 0 Å². The molecule has 2 aromatic carbocycles. The van der Waals surface area contributed by atoms with Gasteiger partial charge in [-0.05, 0) is 42.8 Å². The molecule has 11 nitrogen and oxygen atoms in total. The molecule has 182 valence electrons. The molecule has 0 aliphatic carbocycles. The Kier molecular flexibility index (Phi) is 8.68. The highest BCUT2D eigenvalue weighted by Crippen LogP contribution is 2.14. The van der Waals surface area contributed by atoms with E-state index in [2.05, 4.69) is 20.6 Å². The van der Waals surface area contributed by atoms with Crippen LogP contribution < -0.4 is 21.1 Å². The third-order valence-electron chi connectivity index (χ3n) is 4.49. The number of esters is 2. The number of carbonyl (C=O) groups excluding carboxylic acids is 3. The standard InChI is InChI=1S/C24H25N5O6/c1-24(25,29-23(32)34-16-17-6-3-2-4-7-17)21(31)35-20(30)18-8-10-19(11-9-18)33-15-14-28-22-26-12-5-13-27-22/h2-13H,14-16,25H2,1H3,(H,29,32)(H,26,27,28)/t24-/m0/s1. The Bertz CT molecular complexity index is 1120. The molecule has 0 unspecified atom stereocenters. The van der Waals surface area contributed by atoms with Crippen LogP contribution in [0.3, 0.4) is 0 Å². The second kappa shape index (κ2) is 12.1. The van der Waals surface area contributed by atoms with Crippen molar-refractivity contribution in [3.05, 3.63) is 84.2 Å². The highest BCUT2D eigenvalue weighted by molar-refractivity contribution is 5.99. The zero-order valence-electron chi connectivity index (χ0n) is 19.0. The first kappa shape index (κ1) is 25.1. The molecule has 1 amide bonds. The Hall–Kier alpha value is -4.51. The fourth-order valence-corrected chi connectivity index (χ4v) is 2.68. The molecule has 0 bridgehead atoms. The molecule has 0 radical (unpaired) electrons. The van der Waals surface area contributed by atoms with Gasteiger partial charge in [0.15, 0.2) is 5.66 Å². The van der Waals surface area contributed by atoms with Crippen LogP contribution in [0.5, 0.6) is 5.75 Å². The Morgan fingerprint density at radius 1 is 0.971 bits per heavy atom. The Labute approximate surface area is 201 Å². The van der Waals surface area contributed by atoms with Crippen molar-refractivity contribution in [3.63, 3.8) is 0 Å². The van der Waals surface area contributed by atoms with Gasteiger partial charge in [-0.25, -0.2) is 24.4 Å².